The van der Waals surface area contributed by atoms with E-state index < -0.39 is 27.6 Å². The molecular weight excluding hydrogens is 501 g/mol. The quantitative estimate of drug-likeness (QED) is 0.469. The molecule has 0 radical (unpaired) electrons. The lowest BCUT2D eigenvalue weighted by atomic mass is 9.86. The van der Waals surface area contributed by atoms with Crippen LogP contribution in [-0.4, -0.2) is 55.3 Å². The van der Waals surface area contributed by atoms with Crippen LogP contribution in [0.2, 0.25) is 0 Å². The largest absolute Gasteiger partial charge is 0.466 e. The number of pyridine rings is 1. The first-order chi connectivity index (χ1) is 16.9. The Hall–Kier alpha value is -3.16. The van der Waals surface area contributed by atoms with Crippen molar-refractivity contribution in [3.8, 4) is 0 Å². The highest BCUT2D eigenvalue weighted by molar-refractivity contribution is 7.92. The lowest BCUT2D eigenvalue weighted by Crippen LogP contribution is -2.31. The standard InChI is InChI=1S/C22H29F3N6O4S/c1-4-35-20(32)14-7-9-16(10-8-14)29-21-28-13-17(22(23,24)25)18(30-21)27-12-15-6-5-11-26-19(15)31(2)36(3,33)34/h5-6,11,13-14,16H,4,7-10,12H2,1-3H3,(H2,27,28,29,30). The van der Waals surface area contributed by atoms with Gasteiger partial charge in [0.05, 0.1) is 18.8 Å². The highest BCUT2D eigenvalue weighted by atomic mass is 32.2. The first-order valence-electron chi connectivity index (χ1n) is 11.4. The van der Waals surface area contributed by atoms with Gasteiger partial charge in [0.1, 0.15) is 17.2 Å². The second kappa shape index (κ2) is 11.3. The number of esters is 1. The summed E-state index contributed by atoms with van der Waals surface area (Å²) < 4.78 is 70.8. The smallest absolute Gasteiger partial charge is 0.421 e. The van der Waals surface area contributed by atoms with Crippen LogP contribution in [0.3, 0.4) is 0 Å². The molecule has 0 amide bonds. The minimum Gasteiger partial charge on any atom is -0.466 e. The number of anilines is 3. The number of ether oxygens (including phenoxy) is 1. The average molecular weight is 531 g/mol. The van der Waals surface area contributed by atoms with E-state index in [9.17, 15) is 26.4 Å². The zero-order chi connectivity index (χ0) is 26.5. The minimum absolute atomic E-state index is 0.0183. The molecule has 198 valence electrons. The van der Waals surface area contributed by atoms with Crippen LogP contribution >= 0.6 is 0 Å². The molecule has 1 fully saturated rings. The fourth-order valence-electron chi connectivity index (χ4n) is 3.90. The number of aromatic nitrogens is 3. The van der Waals surface area contributed by atoms with E-state index in [-0.39, 0.29) is 36.2 Å². The molecule has 2 aromatic heterocycles. The molecule has 0 bridgehead atoms. The molecule has 10 nitrogen and oxygen atoms in total. The molecule has 2 N–H and O–H groups in total. The molecule has 0 atom stereocenters. The number of carbonyl (C=O) groups is 1. The normalized spacial score (nSPS) is 18.4. The maximum absolute atomic E-state index is 13.6. The lowest BCUT2D eigenvalue weighted by molar-refractivity contribution is -0.149. The second-order valence-corrected chi connectivity index (χ2v) is 10.5. The molecule has 0 aromatic carbocycles. The van der Waals surface area contributed by atoms with Crippen molar-refractivity contribution < 1.29 is 31.1 Å². The monoisotopic (exact) mass is 530 g/mol. The zero-order valence-corrected chi connectivity index (χ0v) is 21.0. The van der Waals surface area contributed by atoms with Gasteiger partial charge in [-0.3, -0.25) is 9.10 Å². The van der Waals surface area contributed by atoms with Crippen molar-refractivity contribution in [1.82, 2.24) is 15.0 Å². The maximum Gasteiger partial charge on any atom is 0.421 e. The van der Waals surface area contributed by atoms with Crippen molar-refractivity contribution in [3.63, 3.8) is 0 Å². The van der Waals surface area contributed by atoms with Crippen LogP contribution < -0.4 is 14.9 Å². The molecule has 0 saturated heterocycles. The Bertz CT molecular complexity index is 1170. The number of alkyl halides is 3. The van der Waals surface area contributed by atoms with E-state index in [0.29, 0.717) is 44.1 Å². The van der Waals surface area contributed by atoms with E-state index in [4.69, 9.17) is 4.74 Å². The van der Waals surface area contributed by atoms with Crippen LogP contribution in [0.5, 0.6) is 0 Å². The summed E-state index contributed by atoms with van der Waals surface area (Å²) in [5.74, 6) is -0.759. The van der Waals surface area contributed by atoms with Crippen molar-refractivity contribution in [3.05, 3.63) is 35.7 Å². The van der Waals surface area contributed by atoms with E-state index in [0.717, 1.165) is 10.6 Å². The van der Waals surface area contributed by atoms with Gasteiger partial charge in [-0.05, 0) is 38.7 Å². The van der Waals surface area contributed by atoms with E-state index in [2.05, 4.69) is 25.6 Å². The third-order valence-corrected chi connectivity index (χ3v) is 7.05. The van der Waals surface area contributed by atoms with Crippen LogP contribution in [0.25, 0.3) is 0 Å². The van der Waals surface area contributed by atoms with Gasteiger partial charge in [-0.25, -0.2) is 18.4 Å². The molecule has 1 saturated carbocycles. The Morgan fingerprint density at radius 3 is 2.53 bits per heavy atom. The molecule has 2 aromatic rings. The van der Waals surface area contributed by atoms with Crippen LogP contribution in [-0.2, 0) is 32.3 Å². The number of hydrogen-bond donors (Lipinski definition) is 2. The molecular formula is C22H29F3N6O4S. The van der Waals surface area contributed by atoms with Crippen molar-refractivity contribution in [2.45, 2.75) is 51.4 Å². The van der Waals surface area contributed by atoms with Crippen LogP contribution in [0, 0.1) is 5.92 Å². The topological polar surface area (TPSA) is 126 Å². The average Bonchev–Trinajstić information content (AvgIpc) is 2.82. The number of nitrogens with one attached hydrogen (secondary N) is 2. The van der Waals surface area contributed by atoms with Gasteiger partial charge >= 0.3 is 12.1 Å². The summed E-state index contributed by atoms with van der Waals surface area (Å²) in [5.41, 5.74) is -0.690. The molecule has 36 heavy (non-hydrogen) atoms. The number of carbonyl (C=O) groups excluding carboxylic acids is 1. The Morgan fingerprint density at radius 2 is 1.92 bits per heavy atom. The maximum atomic E-state index is 13.6. The molecule has 1 aliphatic rings. The summed E-state index contributed by atoms with van der Waals surface area (Å²) in [6.45, 7) is 1.90. The van der Waals surface area contributed by atoms with Crippen molar-refractivity contribution in [1.29, 1.82) is 0 Å². The van der Waals surface area contributed by atoms with Crippen molar-refractivity contribution in [2.24, 2.45) is 5.92 Å². The van der Waals surface area contributed by atoms with Gasteiger partial charge in [-0.15, -0.1) is 0 Å². The zero-order valence-electron chi connectivity index (χ0n) is 20.2. The third kappa shape index (κ3) is 6.95. The Kier molecular flexibility index (Phi) is 8.59. The van der Waals surface area contributed by atoms with Gasteiger partial charge in [0.25, 0.3) is 0 Å². The van der Waals surface area contributed by atoms with Crippen LogP contribution in [0.1, 0.15) is 43.7 Å². The summed E-state index contributed by atoms with van der Waals surface area (Å²) in [6.07, 6.45) is 0.823. The summed E-state index contributed by atoms with van der Waals surface area (Å²) in [4.78, 5) is 23.9. The van der Waals surface area contributed by atoms with Crippen molar-refractivity contribution in [2.75, 3.05) is 34.8 Å². The predicted octanol–water partition coefficient (Wildman–Crippen LogP) is 3.43. The second-order valence-electron chi connectivity index (χ2n) is 8.47. The molecule has 2 heterocycles. The fourth-order valence-corrected chi connectivity index (χ4v) is 4.38. The minimum atomic E-state index is -4.71. The van der Waals surface area contributed by atoms with Gasteiger partial charge in [-0.1, -0.05) is 6.07 Å². The summed E-state index contributed by atoms with van der Waals surface area (Å²) in [6, 6.07) is 3.02. The van der Waals surface area contributed by atoms with Gasteiger partial charge in [0.15, 0.2) is 0 Å². The highest BCUT2D eigenvalue weighted by Gasteiger charge is 2.36. The number of sulfonamides is 1. The SMILES string of the molecule is CCOC(=O)C1CCC(Nc2ncc(C(F)(F)F)c(NCc3cccnc3N(C)S(C)(=O)=O)n2)CC1. The molecule has 0 unspecified atom stereocenters. The summed E-state index contributed by atoms with van der Waals surface area (Å²) in [5, 5.41) is 5.72. The molecule has 1 aliphatic carbocycles. The Morgan fingerprint density at radius 1 is 1.22 bits per heavy atom. The van der Waals surface area contributed by atoms with Gasteiger partial charge in [0.2, 0.25) is 16.0 Å². The van der Waals surface area contributed by atoms with E-state index in [1.165, 1.54) is 13.2 Å². The van der Waals surface area contributed by atoms with E-state index in [1.54, 1.807) is 19.1 Å². The van der Waals surface area contributed by atoms with Crippen LogP contribution in [0.4, 0.5) is 30.8 Å². The van der Waals surface area contributed by atoms with Crippen LogP contribution in [0.15, 0.2) is 24.5 Å². The number of rotatable bonds is 9. The van der Waals surface area contributed by atoms with E-state index in [1.807, 2.05) is 0 Å². The Labute approximate surface area is 207 Å². The first-order valence-corrected chi connectivity index (χ1v) is 13.2. The fraction of sp³-hybridized carbons (Fsp3) is 0.545. The summed E-state index contributed by atoms with van der Waals surface area (Å²) in [7, 11) is -2.32. The number of nitrogens with zero attached hydrogens (tertiary/aromatic N) is 4. The van der Waals surface area contributed by atoms with Crippen molar-refractivity contribution >= 4 is 33.6 Å². The molecule has 0 spiro atoms. The van der Waals surface area contributed by atoms with Gasteiger partial charge < -0.3 is 15.4 Å². The molecule has 3 rings (SSSR count). The van der Waals surface area contributed by atoms with Gasteiger partial charge in [-0.2, -0.15) is 18.2 Å². The number of halogens is 3. The highest BCUT2D eigenvalue weighted by Crippen LogP contribution is 2.35. The van der Waals surface area contributed by atoms with E-state index >= 15 is 0 Å². The summed E-state index contributed by atoms with van der Waals surface area (Å²) >= 11 is 0. The molecule has 0 aliphatic heterocycles. The van der Waals surface area contributed by atoms with Gasteiger partial charge in [0, 0.05) is 37.6 Å². The first kappa shape index (κ1) is 27.4. The predicted molar refractivity (Wildman–Crippen MR) is 128 cm³/mol. The molecule has 14 heteroatoms. The Balaban J connectivity index is 1.76. The number of hydrogen-bond acceptors (Lipinski definition) is 9. The third-order valence-electron chi connectivity index (χ3n) is 5.88. The lowest BCUT2D eigenvalue weighted by Gasteiger charge is -2.28.